The van der Waals surface area contributed by atoms with Crippen LogP contribution in [0.15, 0.2) is 82.7 Å². The summed E-state index contributed by atoms with van der Waals surface area (Å²) in [4.78, 5) is 4.51. The number of rotatable bonds is 5. The van der Waals surface area contributed by atoms with E-state index in [2.05, 4.69) is 32.3 Å². The van der Waals surface area contributed by atoms with Gasteiger partial charge in [-0.3, -0.25) is 9.71 Å². The highest BCUT2D eigenvalue weighted by Gasteiger charge is 2.13. The first-order valence-corrected chi connectivity index (χ1v) is 10.5. The van der Waals surface area contributed by atoms with Crippen LogP contribution in [0.3, 0.4) is 0 Å². The molecule has 132 valence electrons. The SMILES string of the molecule is O=S(=O)(Nc1ccc(I)cc1)c1ccc(N=Cc2cccc(Cl)c2)cc1. The molecule has 0 aliphatic rings. The van der Waals surface area contributed by atoms with Crippen LogP contribution in [0, 0.1) is 3.57 Å². The average molecular weight is 497 g/mol. The second-order valence-electron chi connectivity index (χ2n) is 5.42. The van der Waals surface area contributed by atoms with Gasteiger partial charge in [0.25, 0.3) is 10.0 Å². The van der Waals surface area contributed by atoms with Gasteiger partial charge in [0.1, 0.15) is 0 Å². The lowest BCUT2D eigenvalue weighted by Crippen LogP contribution is -2.12. The maximum absolute atomic E-state index is 12.4. The Morgan fingerprint density at radius 1 is 0.962 bits per heavy atom. The molecule has 0 unspecified atom stereocenters. The predicted molar refractivity (Wildman–Crippen MR) is 115 cm³/mol. The molecule has 0 saturated heterocycles. The van der Waals surface area contributed by atoms with E-state index < -0.39 is 10.0 Å². The number of hydrogen-bond acceptors (Lipinski definition) is 3. The molecule has 0 fully saturated rings. The van der Waals surface area contributed by atoms with Gasteiger partial charge in [0, 0.05) is 20.5 Å². The van der Waals surface area contributed by atoms with Crippen LogP contribution in [0.25, 0.3) is 0 Å². The van der Waals surface area contributed by atoms with E-state index in [0.717, 1.165) is 9.13 Å². The van der Waals surface area contributed by atoms with Gasteiger partial charge >= 0.3 is 0 Å². The summed E-state index contributed by atoms with van der Waals surface area (Å²) in [7, 11) is -3.64. The maximum atomic E-state index is 12.4. The molecular weight excluding hydrogens is 483 g/mol. The quantitative estimate of drug-likeness (QED) is 0.375. The first-order valence-electron chi connectivity index (χ1n) is 7.60. The second-order valence-corrected chi connectivity index (χ2v) is 8.78. The smallest absolute Gasteiger partial charge is 0.261 e. The lowest BCUT2D eigenvalue weighted by molar-refractivity contribution is 0.601. The van der Waals surface area contributed by atoms with Crippen molar-refractivity contribution in [3.8, 4) is 0 Å². The zero-order chi connectivity index (χ0) is 18.6. The molecule has 0 aliphatic heterocycles. The van der Waals surface area contributed by atoms with Gasteiger partial charge in [-0.15, -0.1) is 0 Å². The van der Waals surface area contributed by atoms with Crippen LogP contribution in [0.1, 0.15) is 5.56 Å². The van der Waals surface area contributed by atoms with E-state index in [1.165, 1.54) is 12.1 Å². The van der Waals surface area contributed by atoms with Crippen molar-refractivity contribution < 1.29 is 8.42 Å². The van der Waals surface area contributed by atoms with E-state index in [-0.39, 0.29) is 4.90 Å². The van der Waals surface area contributed by atoms with Crippen molar-refractivity contribution >= 4 is 61.8 Å². The summed E-state index contributed by atoms with van der Waals surface area (Å²) in [6, 6.07) is 20.8. The highest BCUT2D eigenvalue weighted by Crippen LogP contribution is 2.20. The Morgan fingerprint density at radius 2 is 1.65 bits per heavy atom. The Kier molecular flexibility index (Phi) is 5.95. The van der Waals surface area contributed by atoms with E-state index in [4.69, 9.17) is 11.6 Å². The van der Waals surface area contributed by atoms with Gasteiger partial charge in [0.05, 0.1) is 10.6 Å². The number of nitrogens with zero attached hydrogens (tertiary/aromatic N) is 1. The van der Waals surface area contributed by atoms with Crippen molar-refractivity contribution in [1.29, 1.82) is 0 Å². The number of sulfonamides is 1. The molecule has 0 spiro atoms. The molecule has 26 heavy (non-hydrogen) atoms. The van der Waals surface area contributed by atoms with Gasteiger partial charge in [0.15, 0.2) is 0 Å². The number of anilines is 1. The van der Waals surface area contributed by atoms with Gasteiger partial charge < -0.3 is 0 Å². The van der Waals surface area contributed by atoms with E-state index in [9.17, 15) is 8.42 Å². The van der Waals surface area contributed by atoms with Crippen molar-refractivity contribution in [3.05, 3.63) is 87.0 Å². The minimum Gasteiger partial charge on any atom is -0.280 e. The van der Waals surface area contributed by atoms with Crippen molar-refractivity contribution in [1.82, 2.24) is 0 Å². The normalized spacial score (nSPS) is 11.6. The van der Waals surface area contributed by atoms with Gasteiger partial charge in [-0.1, -0.05) is 23.7 Å². The van der Waals surface area contributed by atoms with Crippen LogP contribution >= 0.6 is 34.2 Å². The molecule has 0 radical (unpaired) electrons. The summed E-state index contributed by atoms with van der Waals surface area (Å²) >= 11 is 8.10. The Morgan fingerprint density at radius 3 is 2.31 bits per heavy atom. The molecular formula is C19H14ClIN2O2S. The molecule has 3 aromatic rings. The topological polar surface area (TPSA) is 58.5 Å². The Hall–Kier alpha value is -1.90. The van der Waals surface area contributed by atoms with Gasteiger partial charge in [-0.05, 0) is 88.8 Å². The van der Waals surface area contributed by atoms with Crippen LogP contribution in [-0.4, -0.2) is 14.6 Å². The number of hydrogen-bond donors (Lipinski definition) is 1. The Bertz CT molecular complexity index is 1030. The lowest BCUT2D eigenvalue weighted by Gasteiger charge is -2.08. The van der Waals surface area contributed by atoms with Crippen molar-refractivity contribution in [3.63, 3.8) is 0 Å². The third-order valence-corrected chi connectivity index (χ3v) is 5.81. The predicted octanol–water partition coefficient (Wildman–Crippen LogP) is 5.50. The van der Waals surface area contributed by atoms with Crippen LogP contribution in [0.4, 0.5) is 11.4 Å². The Labute approximate surface area is 171 Å². The monoisotopic (exact) mass is 496 g/mol. The molecule has 0 atom stereocenters. The first kappa shape index (κ1) is 18.9. The number of nitrogens with one attached hydrogen (secondary N) is 1. The summed E-state index contributed by atoms with van der Waals surface area (Å²) in [6.45, 7) is 0. The van der Waals surface area contributed by atoms with Crippen molar-refractivity contribution in [2.24, 2.45) is 4.99 Å². The van der Waals surface area contributed by atoms with E-state index in [0.29, 0.717) is 16.4 Å². The minimum atomic E-state index is -3.64. The van der Waals surface area contributed by atoms with E-state index in [1.807, 2.05) is 24.3 Å². The molecule has 0 amide bonds. The first-order chi connectivity index (χ1) is 12.4. The zero-order valence-electron chi connectivity index (χ0n) is 13.4. The summed E-state index contributed by atoms with van der Waals surface area (Å²) in [5, 5.41) is 0.636. The molecule has 3 aromatic carbocycles. The summed E-state index contributed by atoms with van der Waals surface area (Å²) < 4.78 is 28.5. The van der Waals surface area contributed by atoms with Gasteiger partial charge in [-0.2, -0.15) is 0 Å². The van der Waals surface area contributed by atoms with Gasteiger partial charge in [-0.25, -0.2) is 8.42 Å². The molecule has 0 aromatic heterocycles. The second kappa shape index (κ2) is 8.20. The number of halogens is 2. The maximum Gasteiger partial charge on any atom is 0.261 e. The largest absolute Gasteiger partial charge is 0.280 e. The standard InChI is InChI=1S/C19H14ClIN2O2S/c20-15-3-1-2-14(12-15)13-22-17-8-10-19(11-9-17)26(24,25)23-18-6-4-16(21)5-7-18/h1-13,23H. The highest BCUT2D eigenvalue weighted by molar-refractivity contribution is 14.1. The molecule has 1 N–H and O–H groups in total. The van der Waals surface area contributed by atoms with Crippen LogP contribution < -0.4 is 4.72 Å². The molecule has 4 nitrogen and oxygen atoms in total. The van der Waals surface area contributed by atoms with Crippen LogP contribution in [0.5, 0.6) is 0 Å². The summed E-state index contributed by atoms with van der Waals surface area (Å²) in [6.07, 6.45) is 1.68. The lowest BCUT2D eigenvalue weighted by atomic mass is 10.2. The summed E-state index contributed by atoms with van der Waals surface area (Å²) in [5.41, 5.74) is 2.04. The highest BCUT2D eigenvalue weighted by atomic mass is 127. The molecule has 0 aliphatic carbocycles. The fourth-order valence-corrected chi connectivity index (χ4v) is 3.80. The summed E-state index contributed by atoms with van der Waals surface area (Å²) in [5.74, 6) is 0. The van der Waals surface area contributed by atoms with E-state index in [1.54, 1.807) is 42.6 Å². The molecule has 0 heterocycles. The molecule has 0 bridgehead atoms. The van der Waals surface area contributed by atoms with Crippen LogP contribution in [0.2, 0.25) is 5.02 Å². The molecule has 3 rings (SSSR count). The van der Waals surface area contributed by atoms with Crippen molar-refractivity contribution in [2.75, 3.05) is 4.72 Å². The zero-order valence-corrected chi connectivity index (χ0v) is 17.2. The molecule has 0 saturated carbocycles. The fraction of sp³-hybridized carbons (Fsp3) is 0. The number of aliphatic imine (C=N–C) groups is 1. The average Bonchev–Trinajstić information content (AvgIpc) is 2.62. The van der Waals surface area contributed by atoms with Gasteiger partial charge in [0.2, 0.25) is 0 Å². The van der Waals surface area contributed by atoms with Crippen LogP contribution in [-0.2, 0) is 10.0 Å². The third-order valence-electron chi connectivity index (χ3n) is 3.45. The molecule has 7 heteroatoms. The number of benzene rings is 3. The third kappa shape index (κ3) is 5.06. The van der Waals surface area contributed by atoms with Crippen molar-refractivity contribution in [2.45, 2.75) is 4.90 Å². The van der Waals surface area contributed by atoms with E-state index >= 15 is 0 Å². The fourth-order valence-electron chi connectivity index (χ4n) is 2.18. The Balaban J connectivity index is 1.75. The minimum absolute atomic E-state index is 0.178.